The third kappa shape index (κ3) is 3.27. The Hall–Kier alpha value is -4.82. The first-order valence-electron chi connectivity index (χ1n) is 13.2. The molecule has 5 aromatic carbocycles. The molecule has 38 heavy (non-hydrogen) atoms. The maximum absolute atomic E-state index is 6.06. The van der Waals surface area contributed by atoms with Gasteiger partial charge in [-0.3, -0.25) is 0 Å². The average molecular weight is 488 g/mol. The summed E-state index contributed by atoms with van der Waals surface area (Å²) in [6, 6.07) is 41.2. The molecular formula is C36H25NO. The van der Waals surface area contributed by atoms with E-state index in [1.807, 2.05) is 12.1 Å². The average Bonchev–Trinajstić information content (AvgIpc) is 3.53. The Balaban J connectivity index is 1.28. The molecule has 0 spiro atoms. The molecule has 0 fully saturated rings. The zero-order valence-corrected chi connectivity index (χ0v) is 20.9. The molecular weight excluding hydrogens is 462 g/mol. The van der Waals surface area contributed by atoms with Crippen molar-refractivity contribution < 1.29 is 4.42 Å². The van der Waals surface area contributed by atoms with E-state index in [0.29, 0.717) is 0 Å². The van der Waals surface area contributed by atoms with E-state index >= 15 is 0 Å². The molecule has 0 saturated carbocycles. The molecule has 0 N–H and O–H groups in total. The Morgan fingerprint density at radius 2 is 1.16 bits per heavy atom. The van der Waals surface area contributed by atoms with Crippen LogP contribution in [0.25, 0.3) is 66.1 Å². The summed E-state index contributed by atoms with van der Waals surface area (Å²) < 4.78 is 8.52. The molecule has 2 aromatic heterocycles. The van der Waals surface area contributed by atoms with Gasteiger partial charge in [-0.15, -0.1) is 0 Å². The van der Waals surface area contributed by atoms with Crippen molar-refractivity contribution in [2.24, 2.45) is 0 Å². The fraction of sp³-hybridized carbons (Fsp3) is 0.0556. The quantitative estimate of drug-likeness (QED) is 0.242. The SMILES string of the molecule is C1=C(c2ccccc2)CCC(n2c3ccccc3c3cc(-c4ccc5oc6ccccc6c5c4)ccc32)=C1. The highest BCUT2D eigenvalue weighted by Gasteiger charge is 2.17. The minimum atomic E-state index is 0.930. The van der Waals surface area contributed by atoms with E-state index in [1.165, 1.54) is 49.8 Å². The first-order valence-corrected chi connectivity index (χ1v) is 13.2. The van der Waals surface area contributed by atoms with Gasteiger partial charge in [0.1, 0.15) is 11.2 Å². The topological polar surface area (TPSA) is 18.1 Å². The Morgan fingerprint density at radius 1 is 0.474 bits per heavy atom. The molecule has 0 atom stereocenters. The van der Waals surface area contributed by atoms with Crippen LogP contribution in [0, 0.1) is 0 Å². The number of benzene rings is 5. The highest BCUT2D eigenvalue weighted by molar-refractivity contribution is 6.12. The Labute approximate surface area is 220 Å². The van der Waals surface area contributed by atoms with E-state index in [1.54, 1.807) is 0 Å². The van der Waals surface area contributed by atoms with Gasteiger partial charge < -0.3 is 8.98 Å². The standard InChI is InChI=1S/C36H25NO/c1-2-8-24(9-3-1)25-14-18-28(19-15-25)37-33-12-6-4-10-29(33)31-22-26(16-20-34(31)37)27-17-21-36-32(23-27)30-11-5-7-13-35(30)38-36/h1-14,16-18,20-23H,15,19H2. The number of rotatable bonds is 3. The Bertz CT molecular complexity index is 2070. The summed E-state index contributed by atoms with van der Waals surface area (Å²) in [5.41, 5.74) is 10.9. The van der Waals surface area contributed by atoms with Gasteiger partial charge in [-0.25, -0.2) is 0 Å². The summed E-state index contributed by atoms with van der Waals surface area (Å²) in [5.74, 6) is 0. The lowest BCUT2D eigenvalue weighted by atomic mass is 9.96. The van der Waals surface area contributed by atoms with E-state index in [4.69, 9.17) is 4.42 Å². The molecule has 1 aliphatic rings. The monoisotopic (exact) mass is 487 g/mol. The zero-order chi connectivity index (χ0) is 25.1. The van der Waals surface area contributed by atoms with E-state index in [2.05, 4.69) is 120 Å². The first kappa shape index (κ1) is 21.3. The number of allylic oxidation sites excluding steroid dienone is 4. The molecule has 0 radical (unpaired) electrons. The third-order valence-electron chi connectivity index (χ3n) is 7.94. The van der Waals surface area contributed by atoms with Crippen LogP contribution >= 0.6 is 0 Å². The van der Waals surface area contributed by atoms with Gasteiger partial charge in [0.05, 0.1) is 11.0 Å². The van der Waals surface area contributed by atoms with Crippen molar-refractivity contribution in [1.29, 1.82) is 0 Å². The summed E-state index contributed by atoms with van der Waals surface area (Å²) in [6.45, 7) is 0. The lowest BCUT2D eigenvalue weighted by Crippen LogP contribution is -2.01. The maximum atomic E-state index is 6.06. The van der Waals surface area contributed by atoms with E-state index in [0.717, 1.165) is 34.8 Å². The largest absolute Gasteiger partial charge is 0.456 e. The summed E-state index contributed by atoms with van der Waals surface area (Å²) in [7, 11) is 0. The van der Waals surface area contributed by atoms with Crippen molar-refractivity contribution in [1.82, 2.24) is 4.57 Å². The van der Waals surface area contributed by atoms with Crippen LogP contribution in [0.5, 0.6) is 0 Å². The van der Waals surface area contributed by atoms with Crippen LogP contribution < -0.4 is 0 Å². The molecule has 8 rings (SSSR count). The molecule has 7 aromatic rings. The molecule has 0 aliphatic heterocycles. The van der Waals surface area contributed by atoms with Crippen molar-refractivity contribution in [3.8, 4) is 11.1 Å². The van der Waals surface area contributed by atoms with Gasteiger partial charge in [0, 0.05) is 27.2 Å². The molecule has 2 nitrogen and oxygen atoms in total. The second-order valence-corrected chi connectivity index (χ2v) is 10.1. The van der Waals surface area contributed by atoms with Crippen LogP contribution in [0.4, 0.5) is 0 Å². The number of para-hydroxylation sites is 2. The van der Waals surface area contributed by atoms with Gasteiger partial charge in [-0.2, -0.15) is 0 Å². The number of hydrogen-bond donors (Lipinski definition) is 0. The lowest BCUT2D eigenvalue weighted by Gasteiger charge is -2.18. The normalized spacial score (nSPS) is 13.9. The van der Waals surface area contributed by atoms with Gasteiger partial charge in [-0.1, -0.05) is 84.9 Å². The molecule has 0 amide bonds. The molecule has 0 saturated heterocycles. The Kier molecular flexibility index (Phi) is 4.68. The number of aromatic nitrogens is 1. The van der Waals surface area contributed by atoms with Crippen molar-refractivity contribution >= 4 is 55.0 Å². The summed E-state index contributed by atoms with van der Waals surface area (Å²) in [4.78, 5) is 0. The Morgan fingerprint density at radius 3 is 2.00 bits per heavy atom. The summed E-state index contributed by atoms with van der Waals surface area (Å²) >= 11 is 0. The van der Waals surface area contributed by atoms with Gasteiger partial charge in [0.2, 0.25) is 0 Å². The van der Waals surface area contributed by atoms with Crippen LogP contribution in [-0.4, -0.2) is 4.57 Å². The zero-order valence-electron chi connectivity index (χ0n) is 20.9. The van der Waals surface area contributed by atoms with Crippen LogP contribution in [0.1, 0.15) is 18.4 Å². The van der Waals surface area contributed by atoms with Crippen molar-refractivity contribution in [3.63, 3.8) is 0 Å². The number of fused-ring (bicyclic) bond motifs is 6. The van der Waals surface area contributed by atoms with Gasteiger partial charge >= 0.3 is 0 Å². The fourth-order valence-corrected chi connectivity index (χ4v) is 6.07. The van der Waals surface area contributed by atoms with Crippen molar-refractivity contribution in [2.45, 2.75) is 12.8 Å². The van der Waals surface area contributed by atoms with Crippen LogP contribution in [0.15, 0.2) is 132 Å². The van der Waals surface area contributed by atoms with Crippen LogP contribution in [0.2, 0.25) is 0 Å². The molecule has 180 valence electrons. The van der Waals surface area contributed by atoms with Gasteiger partial charge in [-0.05, 0) is 77.6 Å². The van der Waals surface area contributed by atoms with Crippen LogP contribution in [0.3, 0.4) is 0 Å². The third-order valence-corrected chi connectivity index (χ3v) is 7.94. The summed E-state index contributed by atoms with van der Waals surface area (Å²) in [5, 5.41) is 4.90. The van der Waals surface area contributed by atoms with Crippen molar-refractivity contribution in [2.75, 3.05) is 0 Å². The molecule has 0 unspecified atom stereocenters. The maximum Gasteiger partial charge on any atom is 0.135 e. The van der Waals surface area contributed by atoms with Crippen LogP contribution in [-0.2, 0) is 0 Å². The van der Waals surface area contributed by atoms with Gasteiger partial charge in [0.15, 0.2) is 0 Å². The lowest BCUT2D eigenvalue weighted by molar-refractivity contribution is 0.669. The summed E-state index contributed by atoms with van der Waals surface area (Å²) in [6.07, 6.45) is 6.66. The second-order valence-electron chi connectivity index (χ2n) is 10.1. The highest BCUT2D eigenvalue weighted by atomic mass is 16.3. The predicted molar refractivity (Wildman–Crippen MR) is 160 cm³/mol. The van der Waals surface area contributed by atoms with E-state index < -0.39 is 0 Å². The molecule has 1 aliphatic carbocycles. The predicted octanol–water partition coefficient (Wildman–Crippen LogP) is 10.1. The minimum Gasteiger partial charge on any atom is -0.456 e. The smallest absolute Gasteiger partial charge is 0.135 e. The molecule has 0 bridgehead atoms. The second kappa shape index (κ2) is 8.36. The molecule has 2 heteroatoms. The minimum absolute atomic E-state index is 0.930. The number of nitrogens with zero attached hydrogens (tertiary/aromatic N) is 1. The number of furan rings is 1. The number of hydrogen-bond acceptors (Lipinski definition) is 1. The van der Waals surface area contributed by atoms with E-state index in [9.17, 15) is 0 Å². The highest BCUT2D eigenvalue weighted by Crippen LogP contribution is 2.39. The fourth-order valence-electron chi connectivity index (χ4n) is 6.07. The van der Waals surface area contributed by atoms with Gasteiger partial charge in [0.25, 0.3) is 0 Å². The van der Waals surface area contributed by atoms with Crippen molar-refractivity contribution in [3.05, 3.63) is 133 Å². The van der Waals surface area contributed by atoms with E-state index in [-0.39, 0.29) is 0 Å². The first-order chi connectivity index (χ1) is 18.8. The molecule has 2 heterocycles.